The lowest BCUT2D eigenvalue weighted by Gasteiger charge is -2.23. The first-order valence-corrected chi connectivity index (χ1v) is 8.65. The van der Waals surface area contributed by atoms with Gasteiger partial charge in [0.05, 0.1) is 0 Å². The minimum atomic E-state index is 0.218. The molecule has 0 aliphatic carbocycles. The Morgan fingerprint density at radius 3 is 2.14 bits per heavy atom. The van der Waals surface area contributed by atoms with Gasteiger partial charge in [-0.05, 0) is 55.7 Å². The van der Waals surface area contributed by atoms with Gasteiger partial charge in [-0.3, -0.25) is 4.79 Å². The zero-order valence-corrected chi connectivity index (χ0v) is 14.2. The Bertz CT molecular complexity index is 359. The normalized spacial score (nSPS) is 27.6. The number of fused-ring (bicyclic) bond motifs is 1. The maximum atomic E-state index is 12.2. The Kier molecular flexibility index (Phi) is 5.86. The molecule has 2 rings (SSSR count). The number of amides is 1. The molecule has 0 aromatic rings. The van der Waals surface area contributed by atoms with Crippen LogP contribution in [-0.4, -0.2) is 48.4 Å². The predicted molar refractivity (Wildman–Crippen MR) is 88.1 cm³/mol. The molecule has 0 unspecified atom stereocenters. The van der Waals surface area contributed by atoms with Gasteiger partial charge in [0.25, 0.3) is 0 Å². The van der Waals surface area contributed by atoms with Crippen molar-refractivity contribution in [3.8, 4) is 0 Å². The number of likely N-dealkylation sites (tertiary alicyclic amines) is 2. The van der Waals surface area contributed by atoms with Crippen molar-refractivity contribution < 1.29 is 4.79 Å². The molecule has 0 saturated carbocycles. The third-order valence-electron chi connectivity index (χ3n) is 4.77. The molecule has 2 aliphatic heterocycles. The highest BCUT2D eigenvalue weighted by Crippen LogP contribution is 2.32. The molecule has 2 saturated heterocycles. The first-order valence-electron chi connectivity index (χ1n) is 8.65. The lowest BCUT2D eigenvalue weighted by Crippen LogP contribution is -2.31. The van der Waals surface area contributed by atoms with Gasteiger partial charge in [0.1, 0.15) is 0 Å². The summed E-state index contributed by atoms with van der Waals surface area (Å²) in [7, 11) is 0. The standard InChI is InChI=1S/C18H32N2O/c1-14(2)5-6-18(21)20-12-16-7-9-19(11-15(3)4)10-8-17(16)13-20/h5-6,14-17H,7-13H2,1-4H3/b6-5+/t16-,17+. The van der Waals surface area contributed by atoms with E-state index in [1.54, 1.807) is 6.08 Å². The van der Waals surface area contributed by atoms with Crippen molar-refractivity contribution in [3.63, 3.8) is 0 Å². The summed E-state index contributed by atoms with van der Waals surface area (Å²) in [5, 5.41) is 0. The molecular formula is C18H32N2O. The SMILES string of the molecule is CC(C)/C=C/C(=O)N1C[C@H]2CCN(CC(C)C)CC[C@H]2C1. The molecule has 1 amide bonds. The van der Waals surface area contributed by atoms with Crippen LogP contribution in [0, 0.1) is 23.7 Å². The van der Waals surface area contributed by atoms with Gasteiger partial charge in [-0.2, -0.15) is 0 Å². The van der Waals surface area contributed by atoms with E-state index in [1.165, 1.54) is 32.5 Å². The van der Waals surface area contributed by atoms with Crippen molar-refractivity contribution in [2.75, 3.05) is 32.7 Å². The number of rotatable bonds is 4. The maximum absolute atomic E-state index is 12.2. The van der Waals surface area contributed by atoms with Crippen LogP contribution >= 0.6 is 0 Å². The van der Waals surface area contributed by atoms with E-state index in [1.807, 2.05) is 6.08 Å². The molecule has 0 N–H and O–H groups in total. The summed E-state index contributed by atoms with van der Waals surface area (Å²) >= 11 is 0. The average molecular weight is 292 g/mol. The molecule has 0 aromatic heterocycles. The molecule has 2 atom stereocenters. The van der Waals surface area contributed by atoms with Crippen molar-refractivity contribution >= 4 is 5.91 Å². The Morgan fingerprint density at radius 2 is 1.67 bits per heavy atom. The van der Waals surface area contributed by atoms with Crippen LogP contribution in [0.2, 0.25) is 0 Å². The second-order valence-electron chi connectivity index (χ2n) is 7.64. The lowest BCUT2D eigenvalue weighted by molar-refractivity contribution is -0.125. The first kappa shape index (κ1) is 16.5. The predicted octanol–water partition coefficient (Wildman–Crippen LogP) is 3.03. The Hall–Kier alpha value is -0.830. The number of hydrogen-bond donors (Lipinski definition) is 0. The van der Waals surface area contributed by atoms with Crippen LogP contribution in [0.15, 0.2) is 12.2 Å². The Morgan fingerprint density at radius 1 is 1.10 bits per heavy atom. The fourth-order valence-corrected chi connectivity index (χ4v) is 3.66. The highest BCUT2D eigenvalue weighted by atomic mass is 16.2. The van der Waals surface area contributed by atoms with Crippen LogP contribution in [0.3, 0.4) is 0 Å². The van der Waals surface area contributed by atoms with Crippen LogP contribution in [0.25, 0.3) is 0 Å². The summed E-state index contributed by atoms with van der Waals surface area (Å²) in [4.78, 5) is 16.9. The summed E-state index contributed by atoms with van der Waals surface area (Å²) in [5.41, 5.74) is 0. The fourth-order valence-electron chi connectivity index (χ4n) is 3.66. The van der Waals surface area contributed by atoms with E-state index in [-0.39, 0.29) is 5.91 Å². The van der Waals surface area contributed by atoms with Crippen molar-refractivity contribution in [3.05, 3.63) is 12.2 Å². The molecule has 2 fully saturated rings. The van der Waals surface area contributed by atoms with E-state index in [4.69, 9.17) is 0 Å². The zero-order chi connectivity index (χ0) is 15.4. The molecule has 3 nitrogen and oxygen atoms in total. The topological polar surface area (TPSA) is 23.6 Å². The fraction of sp³-hybridized carbons (Fsp3) is 0.833. The lowest BCUT2D eigenvalue weighted by atomic mass is 9.92. The summed E-state index contributed by atoms with van der Waals surface area (Å²) in [6, 6.07) is 0. The minimum Gasteiger partial charge on any atom is -0.339 e. The van der Waals surface area contributed by atoms with Crippen molar-refractivity contribution in [1.82, 2.24) is 9.80 Å². The van der Waals surface area contributed by atoms with E-state index in [2.05, 4.69) is 37.5 Å². The molecule has 21 heavy (non-hydrogen) atoms. The van der Waals surface area contributed by atoms with Gasteiger partial charge < -0.3 is 9.80 Å². The minimum absolute atomic E-state index is 0.218. The summed E-state index contributed by atoms with van der Waals surface area (Å²) in [6.07, 6.45) is 6.31. The van der Waals surface area contributed by atoms with Gasteiger partial charge in [0.2, 0.25) is 5.91 Å². The average Bonchev–Trinajstić information content (AvgIpc) is 2.73. The van der Waals surface area contributed by atoms with E-state index < -0.39 is 0 Å². The van der Waals surface area contributed by atoms with Gasteiger partial charge in [-0.25, -0.2) is 0 Å². The van der Waals surface area contributed by atoms with Gasteiger partial charge in [-0.15, -0.1) is 0 Å². The van der Waals surface area contributed by atoms with E-state index >= 15 is 0 Å². The summed E-state index contributed by atoms with van der Waals surface area (Å²) in [6.45, 7) is 14.4. The zero-order valence-electron chi connectivity index (χ0n) is 14.2. The number of nitrogens with zero attached hydrogens (tertiary/aromatic N) is 2. The van der Waals surface area contributed by atoms with E-state index in [9.17, 15) is 4.79 Å². The molecule has 2 heterocycles. The highest BCUT2D eigenvalue weighted by Gasteiger charge is 2.36. The van der Waals surface area contributed by atoms with Gasteiger partial charge in [0.15, 0.2) is 0 Å². The van der Waals surface area contributed by atoms with Crippen LogP contribution < -0.4 is 0 Å². The first-order chi connectivity index (χ1) is 9.95. The second kappa shape index (κ2) is 7.44. The van der Waals surface area contributed by atoms with Crippen molar-refractivity contribution in [2.24, 2.45) is 23.7 Å². The molecule has 3 heteroatoms. The number of hydrogen-bond acceptors (Lipinski definition) is 2. The molecule has 0 aromatic carbocycles. The smallest absolute Gasteiger partial charge is 0.246 e. The quantitative estimate of drug-likeness (QED) is 0.744. The Labute approximate surface area is 130 Å². The van der Waals surface area contributed by atoms with Crippen molar-refractivity contribution in [2.45, 2.75) is 40.5 Å². The monoisotopic (exact) mass is 292 g/mol. The van der Waals surface area contributed by atoms with E-state index in [0.29, 0.717) is 5.92 Å². The number of allylic oxidation sites excluding steroid dienone is 1. The maximum Gasteiger partial charge on any atom is 0.246 e. The van der Waals surface area contributed by atoms with Gasteiger partial charge >= 0.3 is 0 Å². The number of carbonyl (C=O) groups is 1. The third kappa shape index (κ3) is 4.84. The molecule has 0 radical (unpaired) electrons. The molecule has 2 aliphatic rings. The molecule has 0 bridgehead atoms. The molecular weight excluding hydrogens is 260 g/mol. The second-order valence-corrected chi connectivity index (χ2v) is 7.64. The summed E-state index contributed by atoms with van der Waals surface area (Å²) < 4.78 is 0. The van der Waals surface area contributed by atoms with Crippen LogP contribution in [0.4, 0.5) is 0 Å². The van der Waals surface area contributed by atoms with Crippen molar-refractivity contribution in [1.29, 1.82) is 0 Å². The molecule has 0 spiro atoms. The van der Waals surface area contributed by atoms with Gasteiger partial charge in [0, 0.05) is 19.6 Å². The van der Waals surface area contributed by atoms with Gasteiger partial charge in [-0.1, -0.05) is 33.8 Å². The highest BCUT2D eigenvalue weighted by molar-refractivity contribution is 5.87. The van der Waals surface area contributed by atoms with Crippen LogP contribution in [-0.2, 0) is 4.79 Å². The van der Waals surface area contributed by atoms with E-state index in [0.717, 1.165) is 30.8 Å². The third-order valence-corrected chi connectivity index (χ3v) is 4.77. The molecule has 120 valence electrons. The van der Waals surface area contributed by atoms with Crippen LogP contribution in [0.5, 0.6) is 0 Å². The Balaban J connectivity index is 1.85. The van der Waals surface area contributed by atoms with Crippen LogP contribution in [0.1, 0.15) is 40.5 Å². The number of carbonyl (C=O) groups excluding carboxylic acids is 1. The summed E-state index contributed by atoms with van der Waals surface area (Å²) in [5.74, 6) is 2.86. The largest absolute Gasteiger partial charge is 0.339 e.